The summed E-state index contributed by atoms with van der Waals surface area (Å²) >= 11 is 0. The fraction of sp³-hybridized carbons (Fsp3) is 0.750. The number of ketones is 1. The molecule has 102 valence electrons. The van der Waals surface area contributed by atoms with Crippen molar-refractivity contribution in [2.75, 3.05) is 20.2 Å². The van der Waals surface area contributed by atoms with E-state index in [1.165, 1.54) is 18.9 Å². The van der Waals surface area contributed by atoms with Crippen molar-refractivity contribution < 1.29 is 23.9 Å². The van der Waals surface area contributed by atoms with Gasteiger partial charge in [0.1, 0.15) is 11.0 Å². The molecule has 1 saturated heterocycles. The van der Waals surface area contributed by atoms with Crippen molar-refractivity contribution in [3.8, 4) is 0 Å². The number of hydrogen-bond donors (Lipinski definition) is 0. The minimum absolute atomic E-state index is 0.00653. The van der Waals surface area contributed by atoms with Gasteiger partial charge in [-0.05, 0) is 27.7 Å². The van der Waals surface area contributed by atoms with Crippen LogP contribution in [-0.4, -0.2) is 48.5 Å². The summed E-state index contributed by atoms with van der Waals surface area (Å²) in [6.07, 6.45) is -0.594. The lowest BCUT2D eigenvalue weighted by molar-refractivity contribution is -0.154. The Morgan fingerprint density at radius 3 is 2.33 bits per heavy atom. The summed E-state index contributed by atoms with van der Waals surface area (Å²) in [7, 11) is 1.22. The molecule has 1 amide bonds. The Morgan fingerprint density at radius 2 is 1.89 bits per heavy atom. The summed E-state index contributed by atoms with van der Waals surface area (Å²) in [5, 5.41) is 0. The molecule has 1 fully saturated rings. The third-order valence-corrected chi connectivity index (χ3v) is 2.74. The molecule has 0 aromatic carbocycles. The van der Waals surface area contributed by atoms with E-state index >= 15 is 0 Å². The smallest absolute Gasteiger partial charge is 0.410 e. The number of methoxy groups -OCH3 is 1. The predicted molar refractivity (Wildman–Crippen MR) is 62.9 cm³/mol. The number of likely N-dealkylation sites (tertiary alicyclic amines) is 1. The minimum Gasteiger partial charge on any atom is -0.468 e. The zero-order valence-corrected chi connectivity index (χ0v) is 11.4. The average molecular weight is 257 g/mol. The Bertz CT molecular complexity index is 384. The van der Waals surface area contributed by atoms with E-state index in [-0.39, 0.29) is 18.9 Å². The molecule has 1 aliphatic heterocycles. The molecule has 6 heteroatoms. The summed E-state index contributed by atoms with van der Waals surface area (Å²) < 4.78 is 9.76. The van der Waals surface area contributed by atoms with Crippen molar-refractivity contribution in [1.82, 2.24) is 4.90 Å². The topological polar surface area (TPSA) is 72.9 Å². The van der Waals surface area contributed by atoms with Crippen molar-refractivity contribution in [2.45, 2.75) is 33.3 Å². The maximum atomic E-state index is 11.8. The minimum atomic E-state index is -1.29. The number of esters is 1. The molecule has 1 unspecified atom stereocenters. The first-order chi connectivity index (χ1) is 8.10. The fourth-order valence-electron chi connectivity index (χ4n) is 1.73. The Hall–Kier alpha value is -1.59. The number of carbonyl (C=O) groups excluding carboxylic acids is 3. The van der Waals surface area contributed by atoms with Crippen molar-refractivity contribution >= 4 is 17.8 Å². The fourth-order valence-corrected chi connectivity index (χ4v) is 1.73. The first-order valence-corrected chi connectivity index (χ1v) is 5.70. The molecule has 0 bridgehead atoms. The standard InChI is InChI=1S/C12H19NO5/c1-11(2,3)18-10(16)13-6-8(14)12(4,7-13)9(15)17-5/h6-7H2,1-5H3. The van der Waals surface area contributed by atoms with Crippen molar-refractivity contribution in [1.29, 1.82) is 0 Å². The molecular weight excluding hydrogens is 238 g/mol. The van der Waals surface area contributed by atoms with E-state index < -0.39 is 23.1 Å². The highest BCUT2D eigenvalue weighted by molar-refractivity contribution is 6.07. The lowest BCUT2D eigenvalue weighted by Gasteiger charge is -2.25. The SMILES string of the molecule is COC(=O)C1(C)CN(C(=O)OC(C)(C)C)CC1=O. The molecule has 1 atom stereocenters. The second-order valence-corrected chi connectivity index (χ2v) is 5.58. The summed E-state index contributed by atoms with van der Waals surface area (Å²) in [4.78, 5) is 36.4. The normalized spacial score (nSPS) is 24.1. The van der Waals surface area contributed by atoms with Gasteiger partial charge < -0.3 is 9.47 Å². The Kier molecular flexibility index (Phi) is 3.69. The van der Waals surface area contributed by atoms with Gasteiger partial charge in [-0.15, -0.1) is 0 Å². The van der Waals surface area contributed by atoms with E-state index in [0.717, 1.165) is 0 Å². The number of hydrogen-bond acceptors (Lipinski definition) is 5. The number of ether oxygens (including phenoxy) is 2. The van der Waals surface area contributed by atoms with Crippen LogP contribution in [0.25, 0.3) is 0 Å². The zero-order valence-electron chi connectivity index (χ0n) is 11.4. The van der Waals surface area contributed by atoms with Crippen LogP contribution in [0.5, 0.6) is 0 Å². The monoisotopic (exact) mass is 257 g/mol. The number of rotatable bonds is 1. The average Bonchev–Trinajstić information content (AvgIpc) is 2.53. The van der Waals surface area contributed by atoms with Crippen LogP contribution in [-0.2, 0) is 19.1 Å². The molecule has 0 aliphatic carbocycles. The largest absolute Gasteiger partial charge is 0.468 e. The van der Waals surface area contributed by atoms with E-state index in [0.29, 0.717) is 0 Å². The molecule has 6 nitrogen and oxygen atoms in total. The first kappa shape index (κ1) is 14.5. The quantitative estimate of drug-likeness (QED) is 0.517. The maximum absolute atomic E-state index is 11.8. The summed E-state index contributed by atoms with van der Waals surface area (Å²) in [5.41, 5.74) is -1.92. The molecule has 1 rings (SSSR count). The van der Waals surface area contributed by atoms with E-state index in [1.54, 1.807) is 20.8 Å². The summed E-state index contributed by atoms with van der Waals surface area (Å²) in [5.74, 6) is -0.959. The molecule has 1 aliphatic rings. The lowest BCUT2D eigenvalue weighted by Crippen LogP contribution is -2.39. The highest BCUT2D eigenvalue weighted by atomic mass is 16.6. The van der Waals surface area contributed by atoms with Crippen molar-refractivity contribution in [2.24, 2.45) is 5.41 Å². The van der Waals surface area contributed by atoms with Crippen LogP contribution in [0.3, 0.4) is 0 Å². The molecular formula is C12H19NO5. The second-order valence-electron chi connectivity index (χ2n) is 5.58. The van der Waals surface area contributed by atoms with Crippen LogP contribution in [0, 0.1) is 5.41 Å². The van der Waals surface area contributed by atoms with Crippen LogP contribution >= 0.6 is 0 Å². The highest BCUT2D eigenvalue weighted by Crippen LogP contribution is 2.29. The van der Waals surface area contributed by atoms with Gasteiger partial charge in [-0.3, -0.25) is 14.5 Å². The third-order valence-electron chi connectivity index (χ3n) is 2.74. The molecule has 0 radical (unpaired) electrons. The molecule has 0 saturated carbocycles. The highest BCUT2D eigenvalue weighted by Gasteiger charge is 2.51. The van der Waals surface area contributed by atoms with Gasteiger partial charge in [-0.25, -0.2) is 4.79 Å². The molecule has 1 heterocycles. The van der Waals surface area contributed by atoms with Crippen LogP contribution in [0.1, 0.15) is 27.7 Å². The first-order valence-electron chi connectivity index (χ1n) is 5.70. The third kappa shape index (κ3) is 2.80. The van der Waals surface area contributed by atoms with E-state index in [1.807, 2.05) is 0 Å². The Labute approximate surface area is 106 Å². The van der Waals surface area contributed by atoms with Crippen molar-refractivity contribution in [3.05, 3.63) is 0 Å². The zero-order chi connectivity index (χ0) is 14.1. The van der Waals surface area contributed by atoms with Gasteiger partial charge in [0.15, 0.2) is 5.78 Å². The van der Waals surface area contributed by atoms with Gasteiger partial charge in [-0.1, -0.05) is 0 Å². The van der Waals surface area contributed by atoms with Crippen LogP contribution in [0.15, 0.2) is 0 Å². The van der Waals surface area contributed by atoms with Crippen LogP contribution in [0.4, 0.5) is 4.79 Å². The number of nitrogens with zero attached hydrogens (tertiary/aromatic N) is 1. The Balaban J connectivity index is 2.78. The number of carbonyl (C=O) groups is 3. The summed E-state index contributed by atoms with van der Waals surface area (Å²) in [6, 6.07) is 0. The van der Waals surface area contributed by atoms with Gasteiger partial charge in [-0.2, -0.15) is 0 Å². The molecule has 0 aromatic rings. The summed E-state index contributed by atoms with van der Waals surface area (Å²) in [6.45, 7) is 6.56. The van der Waals surface area contributed by atoms with E-state index in [4.69, 9.17) is 4.74 Å². The Morgan fingerprint density at radius 1 is 1.33 bits per heavy atom. The van der Waals surface area contributed by atoms with Crippen LogP contribution < -0.4 is 0 Å². The lowest BCUT2D eigenvalue weighted by atomic mass is 9.89. The second kappa shape index (κ2) is 4.59. The molecule has 0 N–H and O–H groups in total. The number of amides is 1. The van der Waals surface area contributed by atoms with E-state index in [9.17, 15) is 14.4 Å². The van der Waals surface area contributed by atoms with Crippen molar-refractivity contribution in [3.63, 3.8) is 0 Å². The molecule has 0 aromatic heterocycles. The maximum Gasteiger partial charge on any atom is 0.410 e. The predicted octanol–water partition coefficient (Wildman–Crippen LogP) is 0.985. The van der Waals surface area contributed by atoms with Gasteiger partial charge in [0.2, 0.25) is 0 Å². The number of Topliss-reactive ketones (excluding diaryl/α,β-unsaturated/α-hetero) is 1. The molecule has 18 heavy (non-hydrogen) atoms. The van der Waals surface area contributed by atoms with Gasteiger partial charge in [0.05, 0.1) is 13.7 Å². The van der Waals surface area contributed by atoms with Crippen LogP contribution in [0.2, 0.25) is 0 Å². The van der Waals surface area contributed by atoms with Gasteiger partial charge in [0, 0.05) is 6.54 Å². The molecule has 0 spiro atoms. The van der Waals surface area contributed by atoms with Gasteiger partial charge >= 0.3 is 12.1 Å². The van der Waals surface area contributed by atoms with E-state index in [2.05, 4.69) is 4.74 Å². The van der Waals surface area contributed by atoms with Gasteiger partial charge in [0.25, 0.3) is 0 Å².